The molecule has 10 nitrogen and oxygen atoms in total. The molecular weight excluding hydrogens is 546 g/mol. The van der Waals surface area contributed by atoms with Gasteiger partial charge >= 0.3 is 12.3 Å². The molecule has 0 radical (unpaired) electrons. The smallest absolute Gasteiger partial charge is 0.451 e. The Morgan fingerprint density at radius 3 is 2.59 bits per heavy atom. The Morgan fingerprint density at radius 1 is 1.26 bits per heavy atom. The second-order valence-electron chi connectivity index (χ2n) is 8.67. The van der Waals surface area contributed by atoms with E-state index in [4.69, 9.17) is 9.47 Å². The molecule has 0 aliphatic carbocycles. The van der Waals surface area contributed by atoms with Crippen LogP contribution in [0.15, 0.2) is 30.7 Å². The number of benzene rings is 1. The second kappa shape index (κ2) is 11.5. The van der Waals surface area contributed by atoms with E-state index >= 15 is 4.39 Å². The van der Waals surface area contributed by atoms with Crippen molar-refractivity contribution in [2.45, 2.75) is 32.2 Å². The third kappa shape index (κ3) is 6.78. The molecule has 0 saturated carbocycles. The minimum Gasteiger partial charge on any atom is -0.491 e. The van der Waals surface area contributed by atoms with Gasteiger partial charge in [-0.3, -0.25) is 4.79 Å². The van der Waals surface area contributed by atoms with Crippen LogP contribution in [0.5, 0.6) is 5.75 Å². The van der Waals surface area contributed by atoms with Crippen molar-refractivity contribution in [1.82, 2.24) is 25.2 Å². The summed E-state index contributed by atoms with van der Waals surface area (Å²) in [6, 6.07) is 1.71. The van der Waals surface area contributed by atoms with Gasteiger partial charge in [0, 0.05) is 35.6 Å². The molecule has 208 valence electrons. The van der Waals surface area contributed by atoms with Crippen molar-refractivity contribution in [3.8, 4) is 16.3 Å². The van der Waals surface area contributed by atoms with Gasteiger partial charge in [-0.25, -0.2) is 24.1 Å². The number of halogens is 4. The third-order valence-electron chi connectivity index (χ3n) is 5.76. The lowest BCUT2D eigenvalue weighted by Gasteiger charge is -2.30. The lowest BCUT2D eigenvalue weighted by molar-refractivity contribution is -0.145. The average Bonchev–Trinajstić information content (AvgIpc) is 3.33. The van der Waals surface area contributed by atoms with Crippen LogP contribution in [0.2, 0.25) is 0 Å². The Morgan fingerprint density at radius 2 is 1.97 bits per heavy atom. The van der Waals surface area contributed by atoms with Crippen LogP contribution < -0.4 is 10.1 Å². The summed E-state index contributed by atoms with van der Waals surface area (Å²) in [5, 5.41) is 12.1. The third-order valence-corrected chi connectivity index (χ3v) is 6.71. The average molecular weight is 570 g/mol. The van der Waals surface area contributed by atoms with Crippen LogP contribution in [-0.4, -0.2) is 69.4 Å². The van der Waals surface area contributed by atoms with Gasteiger partial charge in [0.1, 0.15) is 29.3 Å². The Balaban J connectivity index is 1.56. The number of carbonyl (C=O) groups excluding carboxylic acids is 1. The van der Waals surface area contributed by atoms with Crippen LogP contribution in [-0.2, 0) is 10.9 Å². The van der Waals surface area contributed by atoms with Crippen molar-refractivity contribution in [2.75, 3.05) is 26.3 Å². The van der Waals surface area contributed by atoms with E-state index < -0.39 is 42.0 Å². The predicted octanol–water partition coefficient (Wildman–Crippen LogP) is 4.32. The lowest BCUT2D eigenvalue weighted by Crippen LogP contribution is -2.47. The number of aryl methyl sites for hydroxylation is 1. The van der Waals surface area contributed by atoms with E-state index in [9.17, 15) is 27.9 Å². The molecule has 3 heterocycles. The maximum Gasteiger partial charge on any atom is 0.451 e. The molecule has 3 aromatic rings. The summed E-state index contributed by atoms with van der Waals surface area (Å²) in [4.78, 5) is 37.1. The molecule has 39 heavy (non-hydrogen) atoms. The van der Waals surface area contributed by atoms with Crippen molar-refractivity contribution in [1.29, 1.82) is 0 Å². The van der Waals surface area contributed by atoms with Gasteiger partial charge < -0.3 is 24.8 Å². The molecule has 15 heteroatoms. The van der Waals surface area contributed by atoms with Gasteiger partial charge in [0.2, 0.25) is 5.82 Å². The maximum atomic E-state index is 15.6. The zero-order valence-electron chi connectivity index (χ0n) is 20.7. The fourth-order valence-electron chi connectivity index (χ4n) is 3.73. The fraction of sp³-hybridized carbons (Fsp3) is 0.375. The molecule has 4 rings (SSSR count). The molecular formula is C24H23F4N5O5S. The van der Waals surface area contributed by atoms with E-state index in [2.05, 4.69) is 20.3 Å². The Kier molecular flexibility index (Phi) is 8.30. The number of thiazole rings is 1. The van der Waals surface area contributed by atoms with Crippen molar-refractivity contribution >= 4 is 23.3 Å². The van der Waals surface area contributed by atoms with Gasteiger partial charge in [0.05, 0.1) is 30.3 Å². The quantitative estimate of drug-likeness (QED) is 0.403. The molecule has 1 fully saturated rings. The largest absolute Gasteiger partial charge is 0.491 e. The Labute approximate surface area is 223 Å². The van der Waals surface area contributed by atoms with Crippen LogP contribution in [0.3, 0.4) is 0 Å². The number of nitrogens with one attached hydrogen (secondary N) is 1. The molecule has 2 amide bonds. The minimum atomic E-state index is -4.71. The maximum absolute atomic E-state index is 15.6. The normalized spacial score (nSPS) is 16.6. The van der Waals surface area contributed by atoms with E-state index in [1.807, 2.05) is 0 Å². The van der Waals surface area contributed by atoms with E-state index in [0.717, 1.165) is 17.3 Å². The molecule has 1 aliphatic rings. The summed E-state index contributed by atoms with van der Waals surface area (Å²) in [6.07, 6.45) is -2.96. The van der Waals surface area contributed by atoms with E-state index in [1.54, 1.807) is 13.1 Å². The van der Waals surface area contributed by atoms with Gasteiger partial charge in [-0.1, -0.05) is 0 Å². The second-order valence-corrected chi connectivity index (χ2v) is 9.91. The summed E-state index contributed by atoms with van der Waals surface area (Å²) in [5.74, 6) is -2.93. The van der Waals surface area contributed by atoms with Gasteiger partial charge in [-0.15, -0.1) is 11.3 Å². The van der Waals surface area contributed by atoms with Crippen LogP contribution in [0.4, 0.5) is 22.4 Å². The first-order valence-corrected chi connectivity index (χ1v) is 12.4. The van der Waals surface area contributed by atoms with Crippen LogP contribution in [0.1, 0.15) is 39.6 Å². The Hall–Kier alpha value is -3.85. The number of amides is 2. The Bertz CT molecular complexity index is 1350. The zero-order chi connectivity index (χ0) is 28.3. The number of carbonyl (C=O) groups is 2. The highest BCUT2D eigenvalue weighted by Crippen LogP contribution is 2.33. The number of rotatable bonds is 7. The molecule has 0 unspecified atom stereocenters. The molecule has 0 bridgehead atoms. The standard InChI is InChI=1S/C24H23F4N5O5S/c1-12-7-29-21(39-12)18-6-15(38-11-16-10-33(23(35)36)3-4-37-16)5-17(19(18)25)20(34)32-13(2)14-8-30-22(31-9-14)24(26,27)28/h5-9,13,16H,3-4,10-11H2,1-2H3,(H,32,34)(H,35,36)/t13-,16-/m1/s1. The summed E-state index contributed by atoms with van der Waals surface area (Å²) in [7, 11) is 0. The monoisotopic (exact) mass is 569 g/mol. The topological polar surface area (TPSA) is 127 Å². The van der Waals surface area contributed by atoms with E-state index in [0.29, 0.717) is 5.01 Å². The summed E-state index contributed by atoms with van der Waals surface area (Å²) in [6.45, 7) is 3.70. The van der Waals surface area contributed by atoms with Crippen molar-refractivity contribution < 1.29 is 41.7 Å². The van der Waals surface area contributed by atoms with Gasteiger partial charge in [0.15, 0.2) is 0 Å². The highest BCUT2D eigenvalue weighted by Gasteiger charge is 2.34. The van der Waals surface area contributed by atoms with E-state index in [1.165, 1.54) is 35.3 Å². The molecule has 1 saturated heterocycles. The number of nitrogens with zero attached hydrogens (tertiary/aromatic N) is 4. The number of ether oxygens (including phenoxy) is 2. The van der Waals surface area contributed by atoms with Gasteiger partial charge in [-0.05, 0) is 26.0 Å². The summed E-state index contributed by atoms with van der Waals surface area (Å²) in [5.41, 5.74) is -0.192. The van der Waals surface area contributed by atoms with Crippen molar-refractivity contribution in [3.63, 3.8) is 0 Å². The minimum absolute atomic E-state index is 0.0120. The van der Waals surface area contributed by atoms with Crippen molar-refractivity contribution in [3.05, 3.63) is 58.4 Å². The molecule has 1 aliphatic heterocycles. The first-order chi connectivity index (χ1) is 18.4. The van der Waals surface area contributed by atoms with Gasteiger partial charge in [-0.2, -0.15) is 13.2 Å². The summed E-state index contributed by atoms with van der Waals surface area (Å²) < 4.78 is 65.2. The first-order valence-electron chi connectivity index (χ1n) is 11.6. The number of aromatic nitrogens is 3. The molecule has 2 aromatic heterocycles. The van der Waals surface area contributed by atoms with Crippen molar-refractivity contribution in [2.24, 2.45) is 0 Å². The predicted molar refractivity (Wildman–Crippen MR) is 130 cm³/mol. The molecule has 0 spiro atoms. The van der Waals surface area contributed by atoms with E-state index in [-0.39, 0.29) is 48.7 Å². The van der Waals surface area contributed by atoms with Crippen LogP contribution in [0, 0.1) is 12.7 Å². The highest BCUT2D eigenvalue weighted by atomic mass is 32.1. The SMILES string of the molecule is Cc1cnc(-c2cc(OC[C@H]3CN(C(=O)O)CCO3)cc(C(=O)N[C@H](C)c3cnc(C(F)(F)F)nc3)c2F)s1. The molecule has 2 atom stereocenters. The van der Waals surface area contributed by atoms with Crippen LogP contribution >= 0.6 is 11.3 Å². The zero-order valence-corrected chi connectivity index (χ0v) is 21.5. The summed E-state index contributed by atoms with van der Waals surface area (Å²) >= 11 is 1.20. The number of hydrogen-bond donors (Lipinski definition) is 2. The highest BCUT2D eigenvalue weighted by molar-refractivity contribution is 7.14. The number of hydrogen-bond acceptors (Lipinski definition) is 8. The number of alkyl halides is 3. The number of carboxylic acid groups (broad SMARTS) is 1. The fourth-order valence-corrected chi connectivity index (χ4v) is 4.50. The van der Waals surface area contributed by atoms with Crippen LogP contribution in [0.25, 0.3) is 10.6 Å². The lowest BCUT2D eigenvalue weighted by atomic mass is 10.1. The molecule has 2 N–H and O–H groups in total. The first kappa shape index (κ1) is 28.2. The number of morpholine rings is 1. The molecule has 1 aromatic carbocycles. The van der Waals surface area contributed by atoms with Gasteiger partial charge in [0.25, 0.3) is 5.91 Å².